The number of sulfone groups is 1. The topological polar surface area (TPSA) is 84.6 Å². The van der Waals surface area contributed by atoms with Gasteiger partial charge in [0.05, 0.1) is 10.9 Å². The van der Waals surface area contributed by atoms with E-state index in [1.807, 2.05) is 28.8 Å². The molecule has 26 heavy (non-hydrogen) atoms. The highest BCUT2D eigenvalue weighted by atomic mass is 32.2. The largest absolute Gasteiger partial charge is 0.328 e. The van der Waals surface area contributed by atoms with Crippen LogP contribution in [0, 0.1) is 0 Å². The molecule has 0 N–H and O–H groups in total. The van der Waals surface area contributed by atoms with Gasteiger partial charge >= 0.3 is 0 Å². The number of carbonyl (C=O) groups is 1. The van der Waals surface area contributed by atoms with Gasteiger partial charge in [-0.1, -0.05) is 12.1 Å². The zero-order valence-corrected chi connectivity index (χ0v) is 15.1. The van der Waals surface area contributed by atoms with Crippen LogP contribution in [0.1, 0.15) is 35.1 Å². The quantitative estimate of drug-likeness (QED) is 0.705. The van der Waals surface area contributed by atoms with Crippen molar-refractivity contribution in [2.75, 3.05) is 12.8 Å². The second-order valence-corrected chi connectivity index (χ2v) is 8.46. The number of nitrogens with zero attached hydrogens (tertiary/aromatic N) is 4. The van der Waals surface area contributed by atoms with Gasteiger partial charge in [-0.05, 0) is 43.2 Å². The first-order valence-corrected chi connectivity index (χ1v) is 10.2. The standard InChI is InChI=1S/C18H18N4O3S/c1-26(24,25)14-7-4-6-13(12-14)18(23)21-11-5-8-15(21)17-20-19-16-9-2-3-10-22(16)17/h2-4,6-7,9-10,12,15H,5,8,11H2,1H3/t15-/m0/s1. The summed E-state index contributed by atoms with van der Waals surface area (Å²) in [5, 5.41) is 8.46. The highest BCUT2D eigenvalue weighted by molar-refractivity contribution is 7.90. The number of aromatic nitrogens is 3. The third-order valence-electron chi connectivity index (χ3n) is 4.66. The maximum Gasteiger partial charge on any atom is 0.254 e. The maximum atomic E-state index is 13.0. The van der Waals surface area contributed by atoms with Crippen molar-refractivity contribution in [2.45, 2.75) is 23.8 Å². The Kier molecular flexibility index (Phi) is 3.99. The highest BCUT2D eigenvalue weighted by Crippen LogP contribution is 2.32. The van der Waals surface area contributed by atoms with Crippen molar-refractivity contribution in [3.8, 4) is 0 Å². The predicted molar refractivity (Wildman–Crippen MR) is 95.6 cm³/mol. The van der Waals surface area contributed by atoms with Crippen LogP contribution in [0.4, 0.5) is 0 Å². The summed E-state index contributed by atoms with van der Waals surface area (Å²) in [6, 6.07) is 11.7. The fourth-order valence-electron chi connectivity index (χ4n) is 3.39. The Morgan fingerprint density at radius 1 is 1.15 bits per heavy atom. The molecule has 8 heteroatoms. The number of benzene rings is 1. The summed E-state index contributed by atoms with van der Waals surface area (Å²) >= 11 is 0. The molecule has 1 fully saturated rings. The van der Waals surface area contributed by atoms with Crippen molar-refractivity contribution in [1.29, 1.82) is 0 Å². The summed E-state index contributed by atoms with van der Waals surface area (Å²) in [4.78, 5) is 14.9. The molecular weight excluding hydrogens is 352 g/mol. The summed E-state index contributed by atoms with van der Waals surface area (Å²) in [7, 11) is -3.37. The molecule has 0 saturated carbocycles. The van der Waals surface area contributed by atoms with Crippen molar-refractivity contribution in [3.63, 3.8) is 0 Å². The van der Waals surface area contributed by atoms with Gasteiger partial charge in [-0.3, -0.25) is 9.20 Å². The van der Waals surface area contributed by atoms with Gasteiger partial charge in [0, 0.05) is 24.6 Å². The van der Waals surface area contributed by atoms with E-state index in [0.717, 1.165) is 30.6 Å². The van der Waals surface area contributed by atoms with E-state index >= 15 is 0 Å². The molecule has 1 amide bonds. The summed E-state index contributed by atoms with van der Waals surface area (Å²) in [5.74, 6) is 0.538. The first kappa shape index (κ1) is 16.7. The number of carbonyl (C=O) groups excluding carboxylic acids is 1. The highest BCUT2D eigenvalue weighted by Gasteiger charge is 2.34. The molecule has 3 aromatic rings. The van der Waals surface area contributed by atoms with E-state index in [-0.39, 0.29) is 16.8 Å². The monoisotopic (exact) mass is 370 g/mol. The molecule has 1 saturated heterocycles. The van der Waals surface area contributed by atoms with Crippen LogP contribution in [0.25, 0.3) is 5.65 Å². The van der Waals surface area contributed by atoms with Crippen molar-refractivity contribution in [1.82, 2.24) is 19.5 Å². The number of hydrogen-bond donors (Lipinski definition) is 0. The lowest BCUT2D eigenvalue weighted by Crippen LogP contribution is -2.31. The molecule has 1 aliphatic heterocycles. The van der Waals surface area contributed by atoms with Crippen LogP contribution in [0.3, 0.4) is 0 Å². The molecule has 7 nitrogen and oxygen atoms in total. The minimum absolute atomic E-state index is 0.145. The minimum atomic E-state index is -3.37. The van der Waals surface area contributed by atoms with E-state index in [9.17, 15) is 13.2 Å². The molecule has 1 aliphatic rings. The Balaban J connectivity index is 1.70. The molecule has 134 valence electrons. The second kappa shape index (κ2) is 6.21. The molecule has 0 radical (unpaired) electrons. The molecule has 1 atom stereocenters. The molecule has 2 aromatic heterocycles. The molecule has 4 rings (SSSR count). The third kappa shape index (κ3) is 2.86. The molecule has 0 spiro atoms. The number of pyridine rings is 1. The van der Waals surface area contributed by atoms with Crippen LogP contribution < -0.4 is 0 Å². The van der Waals surface area contributed by atoms with Gasteiger partial charge in [-0.25, -0.2) is 8.42 Å². The number of rotatable bonds is 3. The van der Waals surface area contributed by atoms with Crippen molar-refractivity contribution >= 4 is 21.4 Å². The van der Waals surface area contributed by atoms with Gasteiger partial charge < -0.3 is 4.90 Å². The van der Waals surface area contributed by atoms with E-state index in [4.69, 9.17) is 0 Å². The predicted octanol–water partition coefficient (Wildman–Crippen LogP) is 2.11. The molecule has 0 bridgehead atoms. The summed E-state index contributed by atoms with van der Waals surface area (Å²) in [6.07, 6.45) is 4.69. The molecule has 3 heterocycles. The van der Waals surface area contributed by atoms with Gasteiger partial charge in [-0.2, -0.15) is 0 Å². The Morgan fingerprint density at radius 2 is 2.00 bits per heavy atom. The molecule has 0 aliphatic carbocycles. The zero-order chi connectivity index (χ0) is 18.3. The molecule has 0 unspecified atom stereocenters. The van der Waals surface area contributed by atoms with Crippen LogP contribution in [-0.2, 0) is 9.84 Å². The van der Waals surface area contributed by atoms with Crippen LogP contribution in [-0.4, -0.2) is 46.6 Å². The lowest BCUT2D eigenvalue weighted by Gasteiger charge is -2.23. The first-order chi connectivity index (χ1) is 12.4. The Labute approximate surface area is 151 Å². The van der Waals surface area contributed by atoms with Crippen LogP contribution >= 0.6 is 0 Å². The van der Waals surface area contributed by atoms with E-state index in [0.29, 0.717) is 12.1 Å². The van der Waals surface area contributed by atoms with Crippen molar-refractivity contribution in [2.24, 2.45) is 0 Å². The Bertz CT molecular complexity index is 1090. The summed E-state index contributed by atoms with van der Waals surface area (Å²) in [6.45, 7) is 0.606. The van der Waals surface area contributed by atoms with Gasteiger partial charge in [0.1, 0.15) is 0 Å². The maximum absolute atomic E-state index is 13.0. The summed E-state index contributed by atoms with van der Waals surface area (Å²) in [5.41, 5.74) is 1.11. The first-order valence-electron chi connectivity index (χ1n) is 8.36. The van der Waals surface area contributed by atoms with E-state index in [2.05, 4.69) is 10.2 Å². The Hall–Kier alpha value is -2.74. The van der Waals surface area contributed by atoms with Gasteiger partial charge in [-0.15, -0.1) is 10.2 Å². The van der Waals surface area contributed by atoms with Gasteiger partial charge in [0.2, 0.25) is 0 Å². The fourth-order valence-corrected chi connectivity index (χ4v) is 4.06. The van der Waals surface area contributed by atoms with E-state index < -0.39 is 9.84 Å². The number of fused-ring (bicyclic) bond motifs is 1. The van der Waals surface area contributed by atoms with Crippen LogP contribution in [0.15, 0.2) is 53.6 Å². The van der Waals surface area contributed by atoms with Crippen LogP contribution in [0.5, 0.6) is 0 Å². The van der Waals surface area contributed by atoms with Crippen molar-refractivity contribution < 1.29 is 13.2 Å². The van der Waals surface area contributed by atoms with E-state index in [1.54, 1.807) is 17.0 Å². The van der Waals surface area contributed by atoms with E-state index in [1.165, 1.54) is 12.1 Å². The lowest BCUT2D eigenvalue weighted by molar-refractivity contribution is 0.0729. The van der Waals surface area contributed by atoms with Crippen LogP contribution in [0.2, 0.25) is 0 Å². The SMILES string of the molecule is CS(=O)(=O)c1cccc(C(=O)N2CCC[C@H]2c2nnc3ccccn23)c1. The lowest BCUT2D eigenvalue weighted by atomic mass is 10.1. The second-order valence-electron chi connectivity index (χ2n) is 6.44. The van der Waals surface area contributed by atoms with Gasteiger partial charge in [0.25, 0.3) is 5.91 Å². The smallest absolute Gasteiger partial charge is 0.254 e. The third-order valence-corrected chi connectivity index (χ3v) is 5.77. The average molecular weight is 370 g/mol. The number of amides is 1. The molecular formula is C18H18N4O3S. The Morgan fingerprint density at radius 3 is 2.81 bits per heavy atom. The van der Waals surface area contributed by atoms with Gasteiger partial charge in [0.15, 0.2) is 21.3 Å². The molecule has 1 aromatic carbocycles. The zero-order valence-electron chi connectivity index (χ0n) is 14.2. The number of hydrogen-bond acceptors (Lipinski definition) is 5. The van der Waals surface area contributed by atoms with Crippen molar-refractivity contribution in [3.05, 3.63) is 60.0 Å². The number of likely N-dealkylation sites (tertiary alicyclic amines) is 1. The fraction of sp³-hybridized carbons (Fsp3) is 0.278. The average Bonchev–Trinajstić information content (AvgIpc) is 3.27. The minimum Gasteiger partial charge on any atom is -0.328 e. The summed E-state index contributed by atoms with van der Waals surface area (Å²) < 4.78 is 25.5. The normalized spacial score (nSPS) is 17.7.